The van der Waals surface area contributed by atoms with Crippen LogP contribution in [-0.4, -0.2) is 11.4 Å². The van der Waals surface area contributed by atoms with E-state index >= 15 is 0 Å². The molecule has 1 heterocycles. The Labute approximate surface area is 198 Å². The molecule has 1 aliphatic heterocycles. The van der Waals surface area contributed by atoms with Gasteiger partial charge in [0.1, 0.15) is 0 Å². The number of rotatable bonds is 4. The molecule has 3 rings (SSSR count). The molecule has 0 N–H and O–H groups in total. The third kappa shape index (κ3) is 5.89. The summed E-state index contributed by atoms with van der Waals surface area (Å²) < 4.78 is 0. The zero-order valence-corrected chi connectivity index (χ0v) is 21.6. The van der Waals surface area contributed by atoms with E-state index in [1.165, 1.54) is 20.9 Å². The largest absolute Gasteiger partial charge is 0.252 e. The van der Waals surface area contributed by atoms with Crippen LogP contribution in [0, 0.1) is 0 Å². The predicted octanol–water partition coefficient (Wildman–Crippen LogP) is 9.07. The van der Waals surface area contributed by atoms with Crippen molar-refractivity contribution in [2.24, 2.45) is 9.98 Å². The van der Waals surface area contributed by atoms with Crippen molar-refractivity contribution in [3.8, 4) is 0 Å². The van der Waals surface area contributed by atoms with Crippen molar-refractivity contribution < 1.29 is 0 Å². The van der Waals surface area contributed by atoms with Gasteiger partial charge < -0.3 is 0 Å². The van der Waals surface area contributed by atoms with E-state index in [0.29, 0.717) is 0 Å². The number of hydrogen-bond donors (Lipinski definition) is 0. The maximum absolute atomic E-state index is 5.03. The molecule has 2 nitrogen and oxygen atoms in total. The zero-order valence-electron chi connectivity index (χ0n) is 20.8. The smallest absolute Gasteiger partial charge is 0.0670 e. The van der Waals surface area contributed by atoms with Crippen molar-refractivity contribution >= 4 is 34.6 Å². The van der Waals surface area contributed by atoms with Gasteiger partial charge in [-0.1, -0.05) is 102 Å². The number of thioether (sulfide) groups is 1. The molecule has 0 amide bonds. The Morgan fingerprint density at radius 1 is 0.656 bits per heavy atom. The van der Waals surface area contributed by atoms with Gasteiger partial charge in [-0.3, -0.25) is 9.98 Å². The number of aliphatic imine (C=N–C) groups is 2. The molecule has 0 spiro atoms. The molecule has 0 radical (unpaired) electrons. The molecular weight excluding hydrogens is 408 g/mol. The molecule has 1 aliphatic rings. The van der Waals surface area contributed by atoms with E-state index in [1.807, 2.05) is 0 Å². The Morgan fingerprint density at radius 3 is 1.41 bits per heavy atom. The average Bonchev–Trinajstić information content (AvgIpc) is 2.73. The number of allylic oxidation sites excluding steroid dienone is 4. The van der Waals surface area contributed by atoms with Gasteiger partial charge in [-0.15, -0.1) is 0 Å². The summed E-state index contributed by atoms with van der Waals surface area (Å²) in [5.74, 6) is 0. The summed E-state index contributed by atoms with van der Waals surface area (Å²) in [4.78, 5) is 12.5. The summed E-state index contributed by atoms with van der Waals surface area (Å²) in [6, 6.07) is 16.9. The fourth-order valence-corrected chi connectivity index (χ4v) is 4.78. The normalized spacial score (nSPS) is 16.0. The fraction of sp³-hybridized carbons (Fsp3) is 0.379. The van der Waals surface area contributed by atoms with Gasteiger partial charge in [-0.2, -0.15) is 0 Å². The molecule has 32 heavy (non-hydrogen) atoms. The summed E-state index contributed by atoms with van der Waals surface area (Å²) in [5, 5.41) is 0. The Bertz CT molecular complexity index is 1010. The number of nitrogens with zero attached hydrogens (tertiary/aromatic N) is 2. The highest BCUT2D eigenvalue weighted by Gasteiger charge is 2.20. The molecule has 0 fully saturated rings. The number of hydrogen-bond acceptors (Lipinski definition) is 3. The molecule has 0 unspecified atom stereocenters. The van der Waals surface area contributed by atoms with Gasteiger partial charge in [0, 0.05) is 9.81 Å². The quantitative estimate of drug-likeness (QED) is 0.432. The van der Waals surface area contributed by atoms with Crippen molar-refractivity contribution in [3.63, 3.8) is 0 Å². The van der Waals surface area contributed by atoms with Crippen molar-refractivity contribution in [2.75, 3.05) is 0 Å². The van der Waals surface area contributed by atoms with Crippen molar-refractivity contribution in [1.82, 2.24) is 0 Å². The van der Waals surface area contributed by atoms with Crippen molar-refractivity contribution in [1.29, 1.82) is 0 Å². The maximum Gasteiger partial charge on any atom is 0.0670 e. The Morgan fingerprint density at radius 2 is 1.03 bits per heavy atom. The molecule has 2 aromatic rings. The van der Waals surface area contributed by atoms with Gasteiger partial charge in [0.15, 0.2) is 0 Å². The van der Waals surface area contributed by atoms with E-state index in [1.54, 1.807) is 11.8 Å². The van der Waals surface area contributed by atoms with E-state index in [4.69, 9.17) is 9.98 Å². The second-order valence-electron chi connectivity index (χ2n) is 10.4. The molecular formula is C29H36N2S. The third-order valence-electron chi connectivity index (χ3n) is 5.54. The molecule has 0 bridgehead atoms. The van der Waals surface area contributed by atoms with Crippen LogP contribution in [0.2, 0.25) is 0 Å². The summed E-state index contributed by atoms with van der Waals surface area (Å²) in [7, 11) is 0. The summed E-state index contributed by atoms with van der Waals surface area (Å²) in [6.45, 7) is 17.7. The molecule has 0 atom stereocenters. The number of para-hydroxylation sites is 2. The Kier molecular flexibility index (Phi) is 7.29. The van der Waals surface area contributed by atoms with Crippen LogP contribution in [0.3, 0.4) is 0 Å². The van der Waals surface area contributed by atoms with Crippen LogP contribution in [0.5, 0.6) is 0 Å². The summed E-state index contributed by atoms with van der Waals surface area (Å²) in [6.07, 6.45) is 5.44. The van der Waals surface area contributed by atoms with Crippen LogP contribution in [0.15, 0.2) is 80.5 Å². The van der Waals surface area contributed by atoms with Crippen LogP contribution in [0.25, 0.3) is 0 Å². The first-order valence-corrected chi connectivity index (χ1v) is 12.2. The second kappa shape index (κ2) is 9.62. The van der Waals surface area contributed by atoms with E-state index in [0.717, 1.165) is 29.2 Å². The zero-order chi connectivity index (χ0) is 23.5. The first-order chi connectivity index (χ1) is 15.0. The molecule has 0 aromatic heterocycles. The lowest BCUT2D eigenvalue weighted by atomic mass is 9.86. The summed E-state index contributed by atoms with van der Waals surface area (Å²) >= 11 is 1.77. The molecule has 3 heteroatoms. The first kappa shape index (κ1) is 24.3. The highest BCUT2D eigenvalue weighted by atomic mass is 32.2. The Balaban J connectivity index is 1.86. The lowest BCUT2D eigenvalue weighted by molar-refractivity contribution is 0.591. The minimum absolute atomic E-state index is 0.0587. The van der Waals surface area contributed by atoms with Gasteiger partial charge in [0.05, 0.1) is 22.8 Å². The average molecular weight is 445 g/mol. The summed E-state index contributed by atoms with van der Waals surface area (Å²) in [5.41, 5.74) is 6.88. The molecule has 0 saturated heterocycles. The number of benzene rings is 2. The van der Waals surface area contributed by atoms with Crippen LogP contribution >= 0.6 is 11.8 Å². The van der Waals surface area contributed by atoms with Crippen LogP contribution in [0.4, 0.5) is 11.4 Å². The highest BCUT2D eigenvalue weighted by Crippen LogP contribution is 2.37. The topological polar surface area (TPSA) is 24.7 Å². The van der Waals surface area contributed by atoms with Crippen molar-refractivity contribution in [2.45, 2.75) is 72.6 Å². The molecule has 0 aliphatic carbocycles. The van der Waals surface area contributed by atoms with Gasteiger partial charge in [-0.05, 0) is 54.4 Å². The van der Waals surface area contributed by atoms with Gasteiger partial charge >= 0.3 is 0 Å². The standard InChI is InChI=1S/C29H36N2S/c1-20(30-24-16-11-9-14-22(24)28(3,4)5)26-18-13-19-27(32-26)21(2)31-25-17-12-10-15-23(25)29(6,7)8/h9-12,14-19H,13H2,1-8H3. The lowest BCUT2D eigenvalue weighted by Gasteiger charge is -2.22. The van der Waals surface area contributed by atoms with Gasteiger partial charge in [-0.25, -0.2) is 0 Å². The lowest BCUT2D eigenvalue weighted by Crippen LogP contribution is -2.11. The first-order valence-electron chi connectivity index (χ1n) is 11.4. The monoisotopic (exact) mass is 444 g/mol. The van der Waals surface area contributed by atoms with E-state index in [2.05, 4.69) is 116 Å². The second-order valence-corrected chi connectivity index (χ2v) is 11.5. The molecule has 0 saturated carbocycles. The van der Waals surface area contributed by atoms with Gasteiger partial charge in [0.25, 0.3) is 0 Å². The fourth-order valence-electron chi connectivity index (χ4n) is 3.80. The van der Waals surface area contributed by atoms with E-state index < -0.39 is 0 Å². The van der Waals surface area contributed by atoms with E-state index in [9.17, 15) is 0 Å². The minimum Gasteiger partial charge on any atom is -0.252 e. The van der Waals surface area contributed by atoms with Gasteiger partial charge in [0.2, 0.25) is 0 Å². The Hall–Kier alpha value is -2.39. The maximum atomic E-state index is 5.03. The SMILES string of the molecule is CC(=Nc1ccccc1C(C)(C)C)C1=CCC=C(C(C)=Nc2ccccc2C(C)(C)C)S1. The minimum atomic E-state index is 0.0587. The van der Waals surface area contributed by atoms with Crippen LogP contribution < -0.4 is 0 Å². The predicted molar refractivity (Wildman–Crippen MR) is 144 cm³/mol. The van der Waals surface area contributed by atoms with Crippen LogP contribution in [-0.2, 0) is 10.8 Å². The molecule has 168 valence electrons. The van der Waals surface area contributed by atoms with E-state index in [-0.39, 0.29) is 10.8 Å². The van der Waals surface area contributed by atoms with Crippen molar-refractivity contribution in [3.05, 3.63) is 81.6 Å². The van der Waals surface area contributed by atoms with Crippen LogP contribution in [0.1, 0.15) is 72.9 Å². The molecule has 2 aromatic carbocycles. The highest BCUT2D eigenvalue weighted by molar-refractivity contribution is 8.08. The third-order valence-corrected chi connectivity index (χ3v) is 6.90.